The molecule has 4 nitrogen and oxygen atoms in total. The fourth-order valence-electron chi connectivity index (χ4n) is 1.23. The van der Waals surface area contributed by atoms with Gasteiger partial charge < -0.3 is 14.4 Å². The van der Waals surface area contributed by atoms with Crippen LogP contribution in [0.1, 0.15) is 34.6 Å². The summed E-state index contributed by atoms with van der Waals surface area (Å²) >= 11 is 0. The topological polar surface area (TPSA) is 38.8 Å². The van der Waals surface area contributed by atoms with Crippen LogP contribution in [0.25, 0.3) is 0 Å². The normalized spacial score (nSPS) is 11.7. The maximum absolute atomic E-state index is 11.8. The Balaban J connectivity index is 4.31. The van der Waals surface area contributed by atoms with E-state index in [1.165, 1.54) is 0 Å². The van der Waals surface area contributed by atoms with E-state index < -0.39 is 5.60 Å². The van der Waals surface area contributed by atoms with Crippen molar-refractivity contribution in [3.8, 4) is 0 Å². The van der Waals surface area contributed by atoms with Crippen molar-refractivity contribution in [1.29, 1.82) is 0 Å². The Morgan fingerprint density at radius 1 is 1.31 bits per heavy atom. The summed E-state index contributed by atoms with van der Waals surface area (Å²) in [6.07, 6.45) is -0.266. The molecule has 0 rings (SSSR count). The summed E-state index contributed by atoms with van der Waals surface area (Å²) in [6.45, 7) is 11.6. The van der Waals surface area contributed by atoms with Gasteiger partial charge in [-0.2, -0.15) is 0 Å². The molecule has 0 bridgehead atoms. The number of methoxy groups -OCH3 is 1. The highest BCUT2D eigenvalue weighted by Crippen LogP contribution is 2.11. The van der Waals surface area contributed by atoms with Gasteiger partial charge in [-0.05, 0) is 26.7 Å². The van der Waals surface area contributed by atoms with Gasteiger partial charge in [0.05, 0.1) is 6.61 Å². The molecule has 0 aromatic heterocycles. The Morgan fingerprint density at radius 2 is 1.88 bits per heavy atom. The first kappa shape index (κ1) is 15.2. The minimum atomic E-state index is -0.445. The van der Waals surface area contributed by atoms with Crippen molar-refractivity contribution in [2.24, 2.45) is 5.92 Å². The molecule has 0 aliphatic carbocycles. The first-order valence-electron chi connectivity index (χ1n) is 5.73. The first-order chi connectivity index (χ1) is 7.26. The zero-order valence-corrected chi connectivity index (χ0v) is 11.4. The fourth-order valence-corrected chi connectivity index (χ4v) is 1.23. The zero-order chi connectivity index (χ0) is 12.8. The van der Waals surface area contributed by atoms with Crippen molar-refractivity contribution < 1.29 is 14.3 Å². The van der Waals surface area contributed by atoms with E-state index >= 15 is 0 Å². The van der Waals surface area contributed by atoms with Gasteiger partial charge >= 0.3 is 6.09 Å². The highest BCUT2D eigenvalue weighted by Gasteiger charge is 2.22. The van der Waals surface area contributed by atoms with Crippen molar-refractivity contribution in [1.82, 2.24) is 4.90 Å². The lowest BCUT2D eigenvalue weighted by Gasteiger charge is -2.28. The smallest absolute Gasteiger partial charge is 0.410 e. The van der Waals surface area contributed by atoms with Gasteiger partial charge in [-0.25, -0.2) is 4.79 Å². The van der Waals surface area contributed by atoms with Gasteiger partial charge in [0.1, 0.15) is 5.60 Å². The van der Waals surface area contributed by atoms with Crippen LogP contribution in [0.5, 0.6) is 0 Å². The van der Waals surface area contributed by atoms with Gasteiger partial charge in [0, 0.05) is 20.2 Å². The Bertz CT molecular complexity index is 209. The standard InChI is InChI=1S/C12H25NO3/c1-10(2)9-13(7-8-15-6)11(14)16-12(3,4)5/h10H,7-9H2,1-6H3. The molecule has 0 N–H and O–H groups in total. The minimum Gasteiger partial charge on any atom is -0.444 e. The average molecular weight is 231 g/mol. The molecule has 0 aliphatic rings. The molecule has 0 aliphatic heterocycles. The molecule has 0 saturated heterocycles. The summed E-state index contributed by atoms with van der Waals surface area (Å²) in [5.74, 6) is 0.421. The Hall–Kier alpha value is -0.770. The molecular weight excluding hydrogens is 206 g/mol. The van der Waals surface area contributed by atoms with Crippen LogP contribution in [0.15, 0.2) is 0 Å². The highest BCUT2D eigenvalue weighted by atomic mass is 16.6. The molecule has 0 aromatic rings. The van der Waals surface area contributed by atoms with Crippen molar-refractivity contribution >= 4 is 6.09 Å². The maximum atomic E-state index is 11.8. The van der Waals surface area contributed by atoms with Crippen LogP contribution in [0, 0.1) is 5.92 Å². The third-order valence-corrected chi connectivity index (χ3v) is 1.80. The molecule has 1 amide bonds. The lowest BCUT2D eigenvalue weighted by Crippen LogP contribution is -2.40. The second kappa shape index (κ2) is 6.74. The summed E-state index contributed by atoms with van der Waals surface area (Å²) in [5, 5.41) is 0. The van der Waals surface area contributed by atoms with Crippen LogP contribution in [0.2, 0.25) is 0 Å². The van der Waals surface area contributed by atoms with E-state index in [0.717, 1.165) is 0 Å². The number of rotatable bonds is 5. The van der Waals surface area contributed by atoms with E-state index in [0.29, 0.717) is 25.6 Å². The number of carbonyl (C=O) groups excluding carboxylic acids is 1. The molecule has 0 atom stereocenters. The Labute approximate surface area is 98.9 Å². The lowest BCUT2D eigenvalue weighted by atomic mass is 10.2. The van der Waals surface area contributed by atoms with E-state index in [1.54, 1.807) is 12.0 Å². The van der Waals surface area contributed by atoms with Gasteiger partial charge in [0.2, 0.25) is 0 Å². The maximum Gasteiger partial charge on any atom is 0.410 e. The number of ether oxygens (including phenoxy) is 2. The fraction of sp³-hybridized carbons (Fsp3) is 0.917. The Kier molecular flexibility index (Phi) is 6.41. The van der Waals surface area contributed by atoms with Gasteiger partial charge in [-0.1, -0.05) is 13.8 Å². The monoisotopic (exact) mass is 231 g/mol. The number of carbonyl (C=O) groups is 1. The molecule has 4 heteroatoms. The number of nitrogens with zero attached hydrogens (tertiary/aromatic N) is 1. The van der Waals surface area contributed by atoms with E-state index in [4.69, 9.17) is 9.47 Å². The van der Waals surface area contributed by atoms with Crippen LogP contribution in [-0.4, -0.2) is 43.4 Å². The quantitative estimate of drug-likeness (QED) is 0.730. The van der Waals surface area contributed by atoms with Crippen molar-refractivity contribution in [2.75, 3.05) is 26.8 Å². The third-order valence-electron chi connectivity index (χ3n) is 1.80. The van der Waals surface area contributed by atoms with Crippen LogP contribution in [0.3, 0.4) is 0 Å². The van der Waals surface area contributed by atoms with E-state index in [-0.39, 0.29) is 6.09 Å². The summed E-state index contributed by atoms with van der Waals surface area (Å²) in [7, 11) is 1.63. The van der Waals surface area contributed by atoms with Gasteiger partial charge in [-0.15, -0.1) is 0 Å². The summed E-state index contributed by atoms with van der Waals surface area (Å²) < 4.78 is 10.3. The zero-order valence-electron chi connectivity index (χ0n) is 11.4. The number of hydrogen-bond acceptors (Lipinski definition) is 3. The molecule has 0 spiro atoms. The largest absolute Gasteiger partial charge is 0.444 e. The number of amides is 1. The van der Waals surface area contributed by atoms with Crippen LogP contribution in [-0.2, 0) is 9.47 Å². The first-order valence-corrected chi connectivity index (χ1v) is 5.73. The molecule has 0 saturated carbocycles. The Morgan fingerprint density at radius 3 is 2.25 bits per heavy atom. The van der Waals surface area contributed by atoms with Crippen molar-refractivity contribution in [3.63, 3.8) is 0 Å². The van der Waals surface area contributed by atoms with Crippen molar-refractivity contribution in [2.45, 2.75) is 40.2 Å². The third kappa shape index (κ3) is 7.51. The van der Waals surface area contributed by atoms with Gasteiger partial charge in [-0.3, -0.25) is 0 Å². The summed E-state index contributed by atoms with van der Waals surface area (Å²) in [6, 6.07) is 0. The lowest BCUT2D eigenvalue weighted by molar-refractivity contribution is 0.0178. The van der Waals surface area contributed by atoms with E-state index in [9.17, 15) is 4.79 Å². The molecular formula is C12H25NO3. The molecule has 0 aromatic carbocycles. The minimum absolute atomic E-state index is 0.266. The average Bonchev–Trinajstić information content (AvgIpc) is 2.08. The van der Waals surface area contributed by atoms with Crippen LogP contribution < -0.4 is 0 Å². The molecule has 16 heavy (non-hydrogen) atoms. The SMILES string of the molecule is COCCN(CC(C)C)C(=O)OC(C)(C)C. The van der Waals surface area contributed by atoms with Crippen LogP contribution >= 0.6 is 0 Å². The summed E-state index contributed by atoms with van der Waals surface area (Å²) in [4.78, 5) is 13.5. The van der Waals surface area contributed by atoms with Gasteiger partial charge in [0.15, 0.2) is 0 Å². The number of hydrogen-bond donors (Lipinski definition) is 0. The van der Waals surface area contributed by atoms with E-state index in [2.05, 4.69) is 13.8 Å². The molecule has 0 fully saturated rings. The second-order valence-electron chi connectivity index (χ2n) is 5.31. The second-order valence-corrected chi connectivity index (χ2v) is 5.31. The predicted molar refractivity (Wildman–Crippen MR) is 64.5 cm³/mol. The molecule has 0 heterocycles. The highest BCUT2D eigenvalue weighted by molar-refractivity contribution is 5.68. The van der Waals surface area contributed by atoms with E-state index in [1.807, 2.05) is 20.8 Å². The predicted octanol–water partition coefficient (Wildman–Crippen LogP) is 2.53. The molecule has 96 valence electrons. The van der Waals surface area contributed by atoms with Crippen molar-refractivity contribution in [3.05, 3.63) is 0 Å². The molecule has 0 unspecified atom stereocenters. The van der Waals surface area contributed by atoms with Crippen LogP contribution in [0.4, 0.5) is 4.79 Å². The molecule has 0 radical (unpaired) electrons. The van der Waals surface area contributed by atoms with Gasteiger partial charge in [0.25, 0.3) is 0 Å². The summed E-state index contributed by atoms with van der Waals surface area (Å²) in [5.41, 5.74) is -0.445.